The summed E-state index contributed by atoms with van der Waals surface area (Å²) in [6.07, 6.45) is 9.04. The molecule has 0 amide bonds. The zero-order valence-corrected chi connectivity index (χ0v) is 15.1. The van der Waals surface area contributed by atoms with Crippen molar-refractivity contribution in [2.75, 3.05) is 0 Å². The lowest BCUT2D eigenvalue weighted by atomic mass is 9.98. The van der Waals surface area contributed by atoms with Gasteiger partial charge in [0.05, 0.1) is 15.7 Å². The van der Waals surface area contributed by atoms with Crippen molar-refractivity contribution in [2.45, 2.75) is 69.8 Å². The molecule has 0 saturated heterocycles. The van der Waals surface area contributed by atoms with Gasteiger partial charge in [-0.25, -0.2) is 8.93 Å². The van der Waals surface area contributed by atoms with Gasteiger partial charge in [0.25, 0.3) is 0 Å². The number of nitrogens with one attached hydrogen (secondary N) is 1. The van der Waals surface area contributed by atoms with E-state index in [1.165, 1.54) is 19.3 Å². The van der Waals surface area contributed by atoms with E-state index < -0.39 is 11.0 Å². The summed E-state index contributed by atoms with van der Waals surface area (Å²) in [7, 11) is -1.18. The first-order chi connectivity index (χ1) is 11.0. The fourth-order valence-corrected chi connectivity index (χ4v) is 3.23. The predicted octanol–water partition coefficient (Wildman–Crippen LogP) is 4.09. The largest absolute Gasteiger partial charge is 0.443 e. The molecule has 4 heteroatoms. The molecule has 3 nitrogen and oxygen atoms in total. The van der Waals surface area contributed by atoms with Gasteiger partial charge in [0.1, 0.15) is 18.3 Å². The Labute approximate surface area is 142 Å². The van der Waals surface area contributed by atoms with Crippen LogP contribution in [0.1, 0.15) is 64.5 Å². The summed E-state index contributed by atoms with van der Waals surface area (Å²) >= 11 is 0. The molecule has 1 aliphatic carbocycles. The molecular formula is C19H27NO2S. The van der Waals surface area contributed by atoms with Crippen LogP contribution in [-0.2, 0) is 15.7 Å². The molecule has 1 fully saturated rings. The summed E-state index contributed by atoms with van der Waals surface area (Å²) in [5, 5.41) is 0. The first kappa shape index (κ1) is 18.0. The third-order valence-corrected chi connectivity index (χ3v) is 5.46. The predicted molar refractivity (Wildman–Crippen MR) is 95.9 cm³/mol. The lowest BCUT2D eigenvalue weighted by Gasteiger charge is -2.22. The van der Waals surface area contributed by atoms with Gasteiger partial charge in [0.15, 0.2) is 0 Å². The second-order valence-electron chi connectivity index (χ2n) is 6.97. The molecule has 0 unspecified atom stereocenters. The van der Waals surface area contributed by atoms with Crippen LogP contribution >= 0.6 is 0 Å². The molecular weight excluding hydrogens is 306 g/mol. The van der Waals surface area contributed by atoms with Gasteiger partial charge in [-0.1, -0.05) is 36.8 Å². The van der Waals surface area contributed by atoms with E-state index >= 15 is 0 Å². The van der Waals surface area contributed by atoms with Crippen LogP contribution in [0.2, 0.25) is 0 Å². The maximum Gasteiger partial charge on any atom is 0.112 e. The van der Waals surface area contributed by atoms with Gasteiger partial charge in [-0.3, -0.25) is 0 Å². The maximum absolute atomic E-state index is 12.4. The number of ether oxygens (including phenoxy) is 1. The van der Waals surface area contributed by atoms with Crippen LogP contribution in [0.15, 0.2) is 30.3 Å². The average molecular weight is 333 g/mol. The number of hydrogen-bond acceptors (Lipinski definition) is 2. The second kappa shape index (κ2) is 8.52. The van der Waals surface area contributed by atoms with E-state index in [-0.39, 0.29) is 16.9 Å². The molecule has 0 spiro atoms. The number of hydrogen-bond donors (Lipinski definition) is 1. The fourth-order valence-electron chi connectivity index (χ4n) is 2.47. The summed E-state index contributed by atoms with van der Waals surface area (Å²) in [5.41, 5.74) is 1.00. The van der Waals surface area contributed by atoms with Crippen LogP contribution in [0.5, 0.6) is 0 Å². The van der Waals surface area contributed by atoms with Gasteiger partial charge in [0, 0.05) is 0 Å². The number of benzene rings is 1. The molecule has 0 aliphatic heterocycles. The SMILES string of the molecule is CC(C)(C)[S@](=O)N[C@H](C#COC1CCCCC1)c1ccccc1. The normalized spacial score (nSPS) is 18.6. The van der Waals surface area contributed by atoms with E-state index in [0.717, 1.165) is 18.4 Å². The Kier molecular flexibility index (Phi) is 6.68. The average Bonchev–Trinajstić information content (AvgIpc) is 2.54. The summed E-state index contributed by atoms with van der Waals surface area (Å²) in [6.45, 7) is 5.85. The second-order valence-corrected chi connectivity index (χ2v) is 8.96. The molecule has 1 N–H and O–H groups in total. The van der Waals surface area contributed by atoms with Gasteiger partial charge >= 0.3 is 0 Å². The van der Waals surface area contributed by atoms with Crippen molar-refractivity contribution in [3.63, 3.8) is 0 Å². The van der Waals surface area contributed by atoms with Crippen LogP contribution in [-0.4, -0.2) is 15.1 Å². The minimum absolute atomic E-state index is 0.251. The molecule has 1 aliphatic rings. The van der Waals surface area contributed by atoms with Crippen LogP contribution in [0, 0.1) is 12.0 Å². The van der Waals surface area contributed by atoms with Gasteiger partial charge in [-0.15, -0.1) is 0 Å². The van der Waals surface area contributed by atoms with Gasteiger partial charge in [-0.2, -0.15) is 0 Å². The lowest BCUT2D eigenvalue weighted by molar-refractivity contribution is 0.124. The molecule has 23 heavy (non-hydrogen) atoms. The smallest absolute Gasteiger partial charge is 0.112 e. The zero-order valence-electron chi connectivity index (χ0n) is 14.3. The first-order valence-electron chi connectivity index (χ1n) is 8.36. The van der Waals surface area contributed by atoms with Gasteiger partial charge in [0.2, 0.25) is 0 Å². The molecule has 0 bridgehead atoms. The van der Waals surface area contributed by atoms with Crippen LogP contribution in [0.4, 0.5) is 0 Å². The van der Waals surface area contributed by atoms with Crippen molar-refractivity contribution >= 4 is 11.0 Å². The molecule has 126 valence electrons. The minimum atomic E-state index is -1.18. The van der Waals surface area contributed by atoms with Crippen molar-refractivity contribution in [2.24, 2.45) is 0 Å². The topological polar surface area (TPSA) is 38.3 Å². The monoisotopic (exact) mass is 333 g/mol. The summed E-state index contributed by atoms with van der Waals surface area (Å²) in [5.74, 6) is 3.11. The van der Waals surface area contributed by atoms with E-state index in [9.17, 15) is 4.21 Å². The molecule has 1 saturated carbocycles. The minimum Gasteiger partial charge on any atom is -0.443 e. The highest BCUT2D eigenvalue weighted by atomic mass is 32.2. The maximum atomic E-state index is 12.4. The third-order valence-electron chi connectivity index (χ3n) is 3.90. The zero-order chi connectivity index (χ0) is 16.7. The Balaban J connectivity index is 2.06. The van der Waals surface area contributed by atoms with Crippen LogP contribution in [0.25, 0.3) is 0 Å². The van der Waals surface area contributed by atoms with Crippen molar-refractivity contribution in [1.82, 2.24) is 4.72 Å². The van der Waals surface area contributed by atoms with Crippen molar-refractivity contribution in [3.05, 3.63) is 35.9 Å². The molecule has 2 atom stereocenters. The van der Waals surface area contributed by atoms with E-state index in [0.29, 0.717) is 0 Å². The van der Waals surface area contributed by atoms with Gasteiger partial charge in [-0.05, 0) is 57.9 Å². The molecule has 1 aromatic carbocycles. The van der Waals surface area contributed by atoms with Crippen LogP contribution in [0.3, 0.4) is 0 Å². The Morgan fingerprint density at radius 2 is 1.83 bits per heavy atom. The highest BCUT2D eigenvalue weighted by Gasteiger charge is 2.23. The van der Waals surface area contributed by atoms with Crippen molar-refractivity contribution in [3.8, 4) is 12.0 Å². The standard InChI is InChI=1S/C19H27NO2S/c1-19(2,3)23(21)20-18(16-10-6-4-7-11-16)14-15-22-17-12-8-5-9-13-17/h4,6-7,10-11,17-18,20H,5,8-9,12-13H2,1-3H3/t18-,23+/m1/s1. The lowest BCUT2D eigenvalue weighted by Crippen LogP contribution is -2.35. The Morgan fingerprint density at radius 3 is 2.43 bits per heavy atom. The van der Waals surface area contributed by atoms with E-state index in [2.05, 4.69) is 16.7 Å². The third kappa shape index (κ3) is 6.01. The first-order valence-corrected chi connectivity index (χ1v) is 9.51. The Bertz CT molecular complexity index is 563. The molecule has 0 heterocycles. The summed E-state index contributed by atoms with van der Waals surface area (Å²) < 4.78 is 20.9. The quantitative estimate of drug-likeness (QED) is 0.843. The highest BCUT2D eigenvalue weighted by molar-refractivity contribution is 7.84. The van der Waals surface area contributed by atoms with Crippen LogP contribution < -0.4 is 4.72 Å². The summed E-state index contributed by atoms with van der Waals surface area (Å²) in [4.78, 5) is 0. The Morgan fingerprint density at radius 1 is 1.17 bits per heavy atom. The van der Waals surface area contributed by atoms with E-state index in [1.54, 1.807) is 0 Å². The Hall–Kier alpha value is -1.31. The molecule has 2 rings (SSSR count). The van der Waals surface area contributed by atoms with E-state index in [1.807, 2.05) is 51.1 Å². The molecule has 0 radical (unpaired) electrons. The van der Waals surface area contributed by atoms with Gasteiger partial charge < -0.3 is 4.74 Å². The molecule has 0 aromatic heterocycles. The van der Waals surface area contributed by atoms with Crippen molar-refractivity contribution in [1.29, 1.82) is 0 Å². The summed E-state index contributed by atoms with van der Waals surface area (Å²) in [6, 6.07) is 9.59. The highest BCUT2D eigenvalue weighted by Crippen LogP contribution is 2.20. The number of rotatable bonds is 4. The fraction of sp³-hybridized carbons (Fsp3) is 0.579. The molecule has 1 aromatic rings. The van der Waals surface area contributed by atoms with E-state index in [4.69, 9.17) is 4.74 Å². The van der Waals surface area contributed by atoms with Crippen molar-refractivity contribution < 1.29 is 8.95 Å².